The molecule has 1 saturated heterocycles. The number of amides is 1. The van der Waals surface area contributed by atoms with Crippen molar-refractivity contribution < 1.29 is 22.7 Å². The summed E-state index contributed by atoms with van der Waals surface area (Å²) in [6.45, 7) is 13.6. The predicted octanol–water partition coefficient (Wildman–Crippen LogP) is 5.80. The molecule has 0 aromatic carbocycles. The average Bonchev–Trinajstić information content (AvgIpc) is 3.49. The van der Waals surface area contributed by atoms with Crippen LogP contribution in [0.25, 0.3) is 5.82 Å². The summed E-state index contributed by atoms with van der Waals surface area (Å²) in [5.74, 6) is 1.89. The zero-order valence-electron chi connectivity index (χ0n) is 23.8. The van der Waals surface area contributed by atoms with Crippen LogP contribution in [0, 0.1) is 11.3 Å². The Kier molecular flexibility index (Phi) is 8.32. The Morgan fingerprint density at radius 2 is 2.05 bits per heavy atom. The molecule has 9 nitrogen and oxygen atoms in total. The molecule has 4 heterocycles. The number of pyridine rings is 1. The van der Waals surface area contributed by atoms with Gasteiger partial charge in [0, 0.05) is 42.8 Å². The van der Waals surface area contributed by atoms with Gasteiger partial charge in [-0.1, -0.05) is 13.2 Å². The van der Waals surface area contributed by atoms with E-state index in [1.54, 1.807) is 35.2 Å². The predicted molar refractivity (Wildman–Crippen MR) is 158 cm³/mol. The number of halogens is 3. The van der Waals surface area contributed by atoms with Crippen LogP contribution in [0.15, 0.2) is 54.4 Å². The molecule has 1 aliphatic carbocycles. The highest BCUT2D eigenvalue weighted by Crippen LogP contribution is 2.60. The maximum atomic E-state index is 13.4. The molecule has 2 aliphatic heterocycles. The number of nitrogens with zero attached hydrogens (tertiary/aromatic N) is 5. The summed E-state index contributed by atoms with van der Waals surface area (Å²) >= 11 is 1.05. The molecule has 2 fully saturated rings. The van der Waals surface area contributed by atoms with Gasteiger partial charge in [0.15, 0.2) is 5.82 Å². The zero-order valence-corrected chi connectivity index (χ0v) is 24.7. The van der Waals surface area contributed by atoms with Gasteiger partial charge in [0.2, 0.25) is 5.88 Å². The van der Waals surface area contributed by atoms with Crippen molar-refractivity contribution in [3.63, 3.8) is 0 Å². The molecule has 0 radical (unpaired) electrons. The quantitative estimate of drug-likeness (QED) is 0.305. The monoisotopic (exact) mass is 603 g/mol. The molecule has 226 valence electrons. The summed E-state index contributed by atoms with van der Waals surface area (Å²) in [7, 11) is 0. The number of rotatable bonds is 7. The standard InChI is InChI=1S/C29H36F3N7O2S/c1-5-24-34-19(2)33-14-9-20-17-27(3,4)38(18-20)25-21(26(40)37-42-24)7-8-22(35-25)39-15-10-23(36-39)41-16-6-11-28(12-13-28)29(30,31)32/h5,7-8,10,15,20,33H,1-2,6,9,11-14,16-18H2,3-4H3,(H,37,40)/b34-24+. The van der Waals surface area contributed by atoms with Crippen LogP contribution in [0.1, 0.15) is 62.7 Å². The number of carbonyl (C=O) groups excluding carboxylic acids is 1. The van der Waals surface area contributed by atoms with E-state index in [-0.39, 0.29) is 37.3 Å². The lowest BCUT2D eigenvalue weighted by Gasteiger charge is -2.34. The second-order valence-electron chi connectivity index (χ2n) is 11.7. The van der Waals surface area contributed by atoms with E-state index in [1.807, 2.05) is 0 Å². The number of anilines is 1. The molecule has 1 atom stereocenters. The minimum Gasteiger partial charge on any atom is -0.477 e. The van der Waals surface area contributed by atoms with Gasteiger partial charge in [0.05, 0.1) is 17.6 Å². The van der Waals surface area contributed by atoms with E-state index in [9.17, 15) is 18.0 Å². The van der Waals surface area contributed by atoms with E-state index in [4.69, 9.17) is 9.72 Å². The summed E-state index contributed by atoms with van der Waals surface area (Å²) in [6.07, 6.45) is 1.63. The fraction of sp³-hybridized carbons (Fsp3) is 0.517. The minimum atomic E-state index is -4.16. The Bertz CT molecular complexity index is 1380. The number of ether oxygens (including phenoxy) is 1. The van der Waals surface area contributed by atoms with Crippen molar-refractivity contribution >= 4 is 28.7 Å². The van der Waals surface area contributed by atoms with Crippen molar-refractivity contribution in [1.29, 1.82) is 0 Å². The summed E-state index contributed by atoms with van der Waals surface area (Å²) in [5.41, 5.74) is -1.38. The van der Waals surface area contributed by atoms with Gasteiger partial charge in [-0.3, -0.25) is 9.52 Å². The Hall–Kier alpha value is -3.48. The normalized spacial score (nSPS) is 23.1. The van der Waals surface area contributed by atoms with Gasteiger partial charge in [0.1, 0.15) is 16.7 Å². The topological polar surface area (TPSA) is 96.7 Å². The Balaban J connectivity index is 1.36. The van der Waals surface area contributed by atoms with Crippen LogP contribution in [0.4, 0.5) is 19.0 Å². The second-order valence-corrected chi connectivity index (χ2v) is 12.5. The van der Waals surface area contributed by atoms with Gasteiger partial charge >= 0.3 is 6.18 Å². The van der Waals surface area contributed by atoms with Crippen LogP contribution in [0.3, 0.4) is 0 Å². The molecule has 2 N–H and O–H groups in total. The van der Waals surface area contributed by atoms with Gasteiger partial charge in [-0.2, -0.15) is 13.2 Å². The third-order valence-electron chi connectivity index (χ3n) is 8.17. The van der Waals surface area contributed by atoms with Gasteiger partial charge in [-0.15, -0.1) is 5.10 Å². The van der Waals surface area contributed by atoms with Crippen molar-refractivity contribution in [2.45, 2.75) is 64.1 Å². The second kappa shape index (κ2) is 11.7. The van der Waals surface area contributed by atoms with Crippen molar-refractivity contribution in [2.24, 2.45) is 16.3 Å². The van der Waals surface area contributed by atoms with E-state index in [2.05, 4.69) is 52.0 Å². The number of carbonyl (C=O) groups is 1. The summed E-state index contributed by atoms with van der Waals surface area (Å²) in [5, 5.41) is 8.19. The maximum Gasteiger partial charge on any atom is 0.394 e. The zero-order chi connectivity index (χ0) is 30.1. The molecule has 13 heteroatoms. The molecule has 2 bridgehead atoms. The first kappa shape index (κ1) is 30.0. The lowest BCUT2D eigenvalue weighted by molar-refractivity contribution is -0.189. The Morgan fingerprint density at radius 1 is 1.26 bits per heavy atom. The number of alkyl halides is 3. The lowest BCUT2D eigenvalue weighted by Crippen LogP contribution is -2.40. The van der Waals surface area contributed by atoms with Crippen LogP contribution < -0.4 is 19.7 Å². The molecule has 2 aromatic rings. The lowest BCUT2D eigenvalue weighted by atomic mass is 9.94. The molecule has 3 aliphatic rings. The smallest absolute Gasteiger partial charge is 0.394 e. The third-order valence-corrected chi connectivity index (χ3v) is 8.93. The number of fused-ring (bicyclic) bond motifs is 4. The fourth-order valence-corrected chi connectivity index (χ4v) is 6.23. The summed E-state index contributed by atoms with van der Waals surface area (Å²) in [6, 6.07) is 5.08. The third kappa shape index (κ3) is 6.45. The first-order chi connectivity index (χ1) is 19.9. The first-order valence-corrected chi connectivity index (χ1v) is 14.9. The number of aliphatic imine (C=N–C) groups is 1. The van der Waals surface area contributed by atoms with Crippen LogP contribution in [-0.2, 0) is 0 Å². The van der Waals surface area contributed by atoms with E-state index in [1.165, 1.54) is 0 Å². The molecular weight excluding hydrogens is 567 g/mol. The molecule has 1 saturated carbocycles. The van der Waals surface area contributed by atoms with Crippen LogP contribution in [0.5, 0.6) is 5.88 Å². The van der Waals surface area contributed by atoms with Gasteiger partial charge in [-0.25, -0.2) is 14.7 Å². The molecule has 0 spiro atoms. The van der Waals surface area contributed by atoms with Gasteiger partial charge in [0.25, 0.3) is 5.91 Å². The van der Waals surface area contributed by atoms with E-state index in [0.717, 1.165) is 31.3 Å². The highest BCUT2D eigenvalue weighted by Gasteiger charge is 2.62. The van der Waals surface area contributed by atoms with Crippen molar-refractivity contribution in [3.05, 3.63) is 55.0 Å². The van der Waals surface area contributed by atoms with E-state index < -0.39 is 11.6 Å². The molecule has 1 unspecified atom stereocenters. The van der Waals surface area contributed by atoms with Crippen molar-refractivity contribution in [3.8, 4) is 11.7 Å². The molecule has 5 rings (SSSR count). The van der Waals surface area contributed by atoms with Crippen molar-refractivity contribution in [2.75, 3.05) is 24.6 Å². The Labute approximate surface area is 247 Å². The SMILES string of the molecule is C=C/C1=N\C(=C)NCCC2CN(c3nc(-n4ccc(OCCCC5(C(F)(F)F)CC5)n4)ccc3C(=O)NS1)C(C)(C)C2. The minimum absolute atomic E-state index is 0.0571. The van der Waals surface area contributed by atoms with Crippen LogP contribution in [0.2, 0.25) is 0 Å². The highest BCUT2D eigenvalue weighted by atomic mass is 32.2. The first-order valence-electron chi connectivity index (χ1n) is 14.1. The molecule has 42 heavy (non-hydrogen) atoms. The summed E-state index contributed by atoms with van der Waals surface area (Å²) in [4.78, 5) is 24.9. The molecule has 1 amide bonds. The number of hydrogen-bond acceptors (Lipinski definition) is 8. The average molecular weight is 604 g/mol. The Morgan fingerprint density at radius 3 is 2.76 bits per heavy atom. The summed E-state index contributed by atoms with van der Waals surface area (Å²) < 4.78 is 49.6. The molecular formula is C29H36F3N7O2S. The maximum absolute atomic E-state index is 13.4. The van der Waals surface area contributed by atoms with Crippen molar-refractivity contribution in [1.82, 2.24) is 24.8 Å². The largest absolute Gasteiger partial charge is 0.477 e. The van der Waals surface area contributed by atoms with E-state index >= 15 is 0 Å². The number of aromatic nitrogens is 3. The number of nitrogens with one attached hydrogen (secondary N) is 2. The van der Waals surface area contributed by atoms with Gasteiger partial charge in [-0.05, 0) is 76.5 Å². The molecule has 2 aromatic heterocycles. The van der Waals surface area contributed by atoms with E-state index in [0.29, 0.717) is 52.8 Å². The van der Waals surface area contributed by atoms with Crippen LogP contribution in [-0.4, -0.2) is 57.1 Å². The number of hydrogen-bond donors (Lipinski definition) is 2. The fourth-order valence-electron chi connectivity index (χ4n) is 5.68. The van der Waals surface area contributed by atoms with Crippen LogP contribution >= 0.6 is 11.9 Å². The van der Waals surface area contributed by atoms with Gasteiger partial charge < -0.3 is 15.0 Å². The highest BCUT2D eigenvalue weighted by molar-refractivity contribution is 8.13.